The second-order valence-corrected chi connectivity index (χ2v) is 6.99. The summed E-state index contributed by atoms with van der Waals surface area (Å²) in [5.41, 5.74) is 1.82. The molecule has 1 aliphatic carbocycles. The number of hydrogen-bond acceptors (Lipinski definition) is 7. The summed E-state index contributed by atoms with van der Waals surface area (Å²) in [5, 5.41) is 12.4. The Labute approximate surface area is 145 Å². The summed E-state index contributed by atoms with van der Waals surface area (Å²) in [6.45, 7) is 3.91. The fourth-order valence-corrected chi connectivity index (χ4v) is 3.24. The van der Waals surface area contributed by atoms with Crippen LogP contribution in [0.1, 0.15) is 30.3 Å². The van der Waals surface area contributed by atoms with Crippen molar-refractivity contribution in [3.63, 3.8) is 0 Å². The van der Waals surface area contributed by atoms with Crippen molar-refractivity contribution in [2.45, 2.75) is 31.7 Å². The first-order valence-electron chi connectivity index (χ1n) is 8.68. The van der Waals surface area contributed by atoms with Crippen LogP contribution in [0.25, 0.3) is 5.65 Å². The van der Waals surface area contributed by atoms with Crippen LogP contribution in [0, 0.1) is 6.92 Å². The average molecular weight is 336 g/mol. The summed E-state index contributed by atoms with van der Waals surface area (Å²) in [5.74, 6) is 3.57. The van der Waals surface area contributed by atoms with Crippen LogP contribution in [-0.2, 0) is 0 Å². The van der Waals surface area contributed by atoms with Gasteiger partial charge in [-0.3, -0.25) is 0 Å². The van der Waals surface area contributed by atoms with E-state index in [4.69, 9.17) is 4.98 Å². The molecule has 0 N–H and O–H groups in total. The van der Waals surface area contributed by atoms with Crippen LogP contribution >= 0.6 is 0 Å². The van der Waals surface area contributed by atoms with Gasteiger partial charge in [0.25, 0.3) is 0 Å². The van der Waals surface area contributed by atoms with Crippen LogP contribution in [0.15, 0.2) is 24.5 Å². The van der Waals surface area contributed by atoms with Gasteiger partial charge < -0.3 is 9.80 Å². The smallest absolute Gasteiger partial charge is 0.177 e. The van der Waals surface area contributed by atoms with Gasteiger partial charge in [0, 0.05) is 37.8 Å². The number of aromatic nitrogens is 6. The molecule has 3 aromatic rings. The van der Waals surface area contributed by atoms with Crippen molar-refractivity contribution in [2.75, 3.05) is 29.9 Å². The van der Waals surface area contributed by atoms with Crippen molar-refractivity contribution in [3.8, 4) is 0 Å². The lowest BCUT2D eigenvalue weighted by molar-refractivity contribution is 0.486. The number of aryl methyl sites for hydroxylation is 1. The fourth-order valence-electron chi connectivity index (χ4n) is 3.24. The molecule has 8 heteroatoms. The lowest BCUT2D eigenvalue weighted by Crippen LogP contribution is -2.59. The van der Waals surface area contributed by atoms with Crippen LogP contribution < -0.4 is 9.80 Å². The van der Waals surface area contributed by atoms with Crippen LogP contribution in [-0.4, -0.2) is 56.0 Å². The zero-order valence-corrected chi connectivity index (χ0v) is 14.4. The van der Waals surface area contributed by atoms with E-state index in [0.29, 0.717) is 12.0 Å². The second-order valence-electron chi connectivity index (χ2n) is 6.99. The van der Waals surface area contributed by atoms with Gasteiger partial charge in [0.1, 0.15) is 23.8 Å². The number of hydrogen-bond donors (Lipinski definition) is 0. The van der Waals surface area contributed by atoms with Gasteiger partial charge in [0.15, 0.2) is 5.65 Å². The number of anilines is 2. The normalized spacial score (nSPS) is 17.8. The largest absolute Gasteiger partial charge is 0.353 e. The zero-order valence-electron chi connectivity index (χ0n) is 14.4. The van der Waals surface area contributed by atoms with Crippen LogP contribution in [0.4, 0.5) is 11.6 Å². The fraction of sp³-hybridized carbons (Fsp3) is 0.471. The highest BCUT2D eigenvalue weighted by atomic mass is 15.4. The zero-order chi connectivity index (χ0) is 17.0. The van der Waals surface area contributed by atoms with Crippen molar-refractivity contribution >= 4 is 17.3 Å². The highest BCUT2D eigenvalue weighted by Crippen LogP contribution is 2.38. The highest BCUT2D eigenvalue weighted by molar-refractivity contribution is 5.50. The van der Waals surface area contributed by atoms with Gasteiger partial charge in [-0.1, -0.05) is 0 Å². The molecule has 0 unspecified atom stereocenters. The third-order valence-corrected chi connectivity index (χ3v) is 5.04. The maximum atomic E-state index is 4.79. The monoisotopic (exact) mass is 336 g/mol. The third-order valence-electron chi connectivity index (χ3n) is 5.04. The van der Waals surface area contributed by atoms with Gasteiger partial charge in [-0.25, -0.2) is 9.97 Å². The van der Waals surface area contributed by atoms with Crippen molar-refractivity contribution in [1.29, 1.82) is 0 Å². The Kier molecular flexibility index (Phi) is 3.13. The molecule has 3 aromatic heterocycles. The number of likely N-dealkylation sites (N-methyl/N-ethyl adjacent to an activating group) is 1. The van der Waals surface area contributed by atoms with E-state index in [1.54, 1.807) is 10.8 Å². The molecule has 5 rings (SSSR count). The number of nitrogens with zero attached hydrogens (tertiary/aromatic N) is 8. The van der Waals surface area contributed by atoms with Crippen molar-refractivity contribution in [3.05, 3.63) is 36.0 Å². The lowest BCUT2D eigenvalue weighted by atomic mass is 10.1. The average Bonchev–Trinajstić information content (AvgIpc) is 3.31. The quantitative estimate of drug-likeness (QED) is 0.713. The maximum absolute atomic E-state index is 4.79. The Morgan fingerprint density at radius 2 is 2.00 bits per heavy atom. The summed E-state index contributed by atoms with van der Waals surface area (Å²) in [6.07, 6.45) is 4.08. The molecule has 2 fully saturated rings. The molecule has 128 valence electrons. The van der Waals surface area contributed by atoms with E-state index < -0.39 is 0 Å². The molecular formula is C17H20N8. The molecule has 0 bridgehead atoms. The summed E-state index contributed by atoms with van der Waals surface area (Å²) in [4.78, 5) is 13.9. The van der Waals surface area contributed by atoms with Gasteiger partial charge in [-0.05, 0) is 31.9 Å². The lowest BCUT2D eigenvalue weighted by Gasteiger charge is -2.45. The molecule has 25 heavy (non-hydrogen) atoms. The third kappa shape index (κ3) is 2.57. The molecule has 0 amide bonds. The van der Waals surface area contributed by atoms with Gasteiger partial charge in [-0.2, -0.15) is 4.52 Å². The Morgan fingerprint density at radius 1 is 1.16 bits per heavy atom. The minimum atomic E-state index is 0.430. The van der Waals surface area contributed by atoms with E-state index >= 15 is 0 Å². The van der Waals surface area contributed by atoms with E-state index in [1.165, 1.54) is 12.8 Å². The molecule has 1 aliphatic heterocycles. The van der Waals surface area contributed by atoms with Crippen molar-refractivity contribution in [1.82, 2.24) is 29.8 Å². The first kappa shape index (κ1) is 14.6. The summed E-state index contributed by atoms with van der Waals surface area (Å²) in [6, 6.07) is 6.46. The summed E-state index contributed by atoms with van der Waals surface area (Å²) < 4.78 is 1.71. The standard InChI is InChI=1S/C17H20N8/c1-11-7-16(20-17(19-11)12-3-4-12)23(2)13-8-24(9-13)15-6-5-14-21-18-10-25(14)22-15/h5-7,10,12-13H,3-4,8-9H2,1-2H3. The number of fused-ring (bicyclic) bond motifs is 1. The molecule has 2 aliphatic rings. The highest BCUT2D eigenvalue weighted by Gasteiger charge is 2.33. The molecule has 0 atom stereocenters. The minimum Gasteiger partial charge on any atom is -0.353 e. The predicted octanol–water partition coefficient (Wildman–Crippen LogP) is 1.43. The van der Waals surface area contributed by atoms with E-state index in [9.17, 15) is 0 Å². The molecule has 0 spiro atoms. The SMILES string of the molecule is Cc1cc(N(C)C2CN(c3ccc4nncn4n3)C2)nc(C2CC2)n1. The van der Waals surface area contributed by atoms with Gasteiger partial charge >= 0.3 is 0 Å². The Hall–Kier alpha value is -2.77. The maximum Gasteiger partial charge on any atom is 0.177 e. The molecule has 1 saturated heterocycles. The number of rotatable bonds is 4. The van der Waals surface area contributed by atoms with E-state index in [2.05, 4.69) is 50.1 Å². The van der Waals surface area contributed by atoms with Crippen LogP contribution in [0.3, 0.4) is 0 Å². The minimum absolute atomic E-state index is 0.430. The van der Waals surface area contributed by atoms with E-state index in [0.717, 1.165) is 41.9 Å². The van der Waals surface area contributed by atoms with Gasteiger partial charge in [0.05, 0.1) is 6.04 Å². The topological polar surface area (TPSA) is 75.3 Å². The molecule has 0 radical (unpaired) electrons. The molecule has 1 saturated carbocycles. The van der Waals surface area contributed by atoms with Gasteiger partial charge in [-0.15, -0.1) is 15.3 Å². The molecule has 8 nitrogen and oxygen atoms in total. The van der Waals surface area contributed by atoms with Crippen LogP contribution in [0.5, 0.6) is 0 Å². The van der Waals surface area contributed by atoms with E-state index in [-0.39, 0.29) is 0 Å². The molecule has 4 heterocycles. The van der Waals surface area contributed by atoms with Crippen LogP contribution in [0.2, 0.25) is 0 Å². The first-order valence-corrected chi connectivity index (χ1v) is 8.68. The Bertz CT molecular complexity index is 925. The van der Waals surface area contributed by atoms with Gasteiger partial charge in [0.2, 0.25) is 0 Å². The Balaban J connectivity index is 1.31. The Morgan fingerprint density at radius 3 is 2.80 bits per heavy atom. The first-order chi connectivity index (χ1) is 12.2. The van der Waals surface area contributed by atoms with E-state index in [1.807, 2.05) is 12.1 Å². The van der Waals surface area contributed by atoms with Crippen molar-refractivity contribution in [2.24, 2.45) is 0 Å². The second kappa shape index (κ2) is 5.37. The summed E-state index contributed by atoms with van der Waals surface area (Å²) in [7, 11) is 2.12. The van der Waals surface area contributed by atoms with Crippen molar-refractivity contribution < 1.29 is 0 Å². The summed E-state index contributed by atoms with van der Waals surface area (Å²) >= 11 is 0. The predicted molar refractivity (Wildman–Crippen MR) is 93.9 cm³/mol. The molecule has 0 aromatic carbocycles. The molecular weight excluding hydrogens is 316 g/mol.